The first-order chi connectivity index (χ1) is 20.2. The molecule has 2 heterocycles. The Bertz CT molecular complexity index is 1560. The van der Waals surface area contributed by atoms with Gasteiger partial charge in [-0.2, -0.15) is 0 Å². The van der Waals surface area contributed by atoms with Crippen molar-refractivity contribution in [3.8, 4) is 5.75 Å². The van der Waals surface area contributed by atoms with Crippen molar-refractivity contribution in [1.29, 1.82) is 0 Å². The van der Waals surface area contributed by atoms with Crippen molar-refractivity contribution in [2.45, 2.75) is 26.0 Å². The summed E-state index contributed by atoms with van der Waals surface area (Å²) in [5, 5.41) is 16.0. The second-order valence-electron chi connectivity index (χ2n) is 10.4. The number of nitrogens with zero attached hydrogens (tertiary/aromatic N) is 3. The highest BCUT2D eigenvalue weighted by Gasteiger charge is 2.35. The first-order valence-corrected chi connectivity index (χ1v) is 14.5. The number of nitrogens with one attached hydrogen (secondary N) is 2. The Balaban J connectivity index is 1.45. The summed E-state index contributed by atoms with van der Waals surface area (Å²) in [5.74, 6) is -0.757. The van der Waals surface area contributed by atoms with E-state index in [1.807, 2.05) is 49.4 Å². The van der Waals surface area contributed by atoms with Gasteiger partial charge in [-0.1, -0.05) is 43.3 Å². The zero-order valence-electron chi connectivity index (χ0n) is 23.6. The zero-order chi connectivity index (χ0) is 29.8. The number of aromatic nitrogens is 1. The average Bonchev–Trinajstić information content (AvgIpc) is 3.44. The van der Waals surface area contributed by atoms with Gasteiger partial charge in [0.25, 0.3) is 11.8 Å². The number of anilines is 2. The van der Waals surface area contributed by atoms with E-state index in [1.54, 1.807) is 49.2 Å². The van der Waals surface area contributed by atoms with Crippen molar-refractivity contribution < 1.29 is 24.2 Å². The number of aliphatic hydroxyl groups excluding tert-OH is 1. The molecule has 0 unspecified atom stereocenters. The zero-order valence-corrected chi connectivity index (χ0v) is 24.4. The monoisotopic (exact) mass is 587 g/mol. The fourth-order valence-electron chi connectivity index (χ4n) is 4.80. The lowest BCUT2D eigenvalue weighted by atomic mass is 9.99. The van der Waals surface area contributed by atoms with Crippen LogP contribution in [0.25, 0.3) is 10.2 Å². The Kier molecular flexibility index (Phi) is 8.69. The average molecular weight is 588 g/mol. The van der Waals surface area contributed by atoms with Gasteiger partial charge in [-0.3, -0.25) is 9.59 Å². The molecule has 0 bridgehead atoms. The van der Waals surface area contributed by atoms with Crippen molar-refractivity contribution in [2.24, 2.45) is 5.92 Å². The van der Waals surface area contributed by atoms with Crippen molar-refractivity contribution in [3.63, 3.8) is 0 Å². The van der Waals surface area contributed by atoms with E-state index in [2.05, 4.69) is 15.6 Å². The summed E-state index contributed by atoms with van der Waals surface area (Å²) in [6.07, 6.45) is -0.544. The van der Waals surface area contributed by atoms with E-state index in [9.17, 15) is 19.5 Å². The van der Waals surface area contributed by atoms with Gasteiger partial charge in [-0.05, 0) is 43.3 Å². The second-order valence-corrected chi connectivity index (χ2v) is 11.5. The lowest BCUT2D eigenvalue weighted by Crippen LogP contribution is -2.50. The number of hydrogen-bond donors (Lipinski definition) is 3. The summed E-state index contributed by atoms with van der Waals surface area (Å²) in [5.41, 5.74) is 1.96. The quantitative estimate of drug-likeness (QED) is 0.282. The maximum atomic E-state index is 13.7. The van der Waals surface area contributed by atoms with Gasteiger partial charge < -0.3 is 30.3 Å². The minimum Gasteiger partial charge on any atom is -0.485 e. The van der Waals surface area contributed by atoms with E-state index in [4.69, 9.17) is 4.74 Å². The number of carbonyl (C=O) groups excluding carboxylic acids is 3. The third-order valence-corrected chi connectivity index (χ3v) is 8.29. The van der Waals surface area contributed by atoms with Crippen molar-refractivity contribution >= 4 is 50.8 Å². The van der Waals surface area contributed by atoms with Crippen LogP contribution in [-0.4, -0.2) is 76.6 Å². The first-order valence-electron chi connectivity index (χ1n) is 13.7. The highest BCUT2D eigenvalue weighted by molar-refractivity contribution is 7.20. The van der Waals surface area contributed by atoms with Gasteiger partial charge in [0.2, 0.25) is 0 Å². The van der Waals surface area contributed by atoms with Gasteiger partial charge in [-0.25, -0.2) is 9.78 Å². The van der Waals surface area contributed by atoms with Crippen LogP contribution < -0.4 is 15.4 Å². The van der Waals surface area contributed by atoms with Gasteiger partial charge in [0.1, 0.15) is 6.10 Å². The fraction of sp³-hybridized carbons (Fsp3) is 0.290. The minimum absolute atomic E-state index is 0.203. The highest BCUT2D eigenvalue weighted by Crippen LogP contribution is 2.35. The van der Waals surface area contributed by atoms with Crippen LogP contribution in [0.4, 0.5) is 16.2 Å². The highest BCUT2D eigenvalue weighted by atomic mass is 32.1. The molecule has 0 fully saturated rings. The Labute approximate surface area is 247 Å². The molecule has 10 nitrogen and oxygen atoms in total. The number of urea groups is 1. The van der Waals surface area contributed by atoms with Gasteiger partial charge in [0, 0.05) is 25.2 Å². The normalized spacial score (nSPS) is 17.4. The first kappa shape index (κ1) is 29.0. The van der Waals surface area contributed by atoms with E-state index in [0.717, 1.165) is 10.2 Å². The molecule has 0 aliphatic carbocycles. The molecule has 42 heavy (non-hydrogen) atoms. The van der Waals surface area contributed by atoms with Crippen molar-refractivity contribution in [3.05, 3.63) is 83.4 Å². The Morgan fingerprint density at radius 2 is 1.83 bits per heavy atom. The van der Waals surface area contributed by atoms with Gasteiger partial charge in [0.05, 0.1) is 40.7 Å². The predicted octanol–water partition coefficient (Wildman–Crippen LogP) is 4.93. The second kappa shape index (κ2) is 12.6. The summed E-state index contributed by atoms with van der Waals surface area (Å²) in [7, 11) is 1.67. The van der Waals surface area contributed by atoms with Gasteiger partial charge in [-0.15, -0.1) is 11.3 Å². The van der Waals surface area contributed by atoms with Gasteiger partial charge >= 0.3 is 6.03 Å². The molecular weight excluding hydrogens is 554 g/mol. The standard InChI is InChI=1S/C31H33N5O5S/c1-19-16-36(20(2)18-37)30(39)22-12-9-14-24(33-28(38)29-34-23-13-7-8-15-26(23)42-29)27(22)41-25(19)17-35(3)31(40)32-21-10-5-4-6-11-21/h4-15,19-20,25,37H,16-18H2,1-3H3,(H,32,40)(H,33,38)/t19-,20+,25+/m0/s1. The number of para-hydroxylation sites is 3. The molecule has 5 rings (SSSR count). The number of hydrogen-bond acceptors (Lipinski definition) is 7. The lowest BCUT2D eigenvalue weighted by molar-refractivity contribution is 0.0372. The molecule has 1 aromatic heterocycles. The van der Waals surface area contributed by atoms with E-state index in [-0.39, 0.29) is 47.3 Å². The number of amides is 4. The van der Waals surface area contributed by atoms with Crippen LogP contribution in [0, 0.1) is 5.92 Å². The van der Waals surface area contributed by atoms with Crippen molar-refractivity contribution in [2.75, 3.05) is 37.4 Å². The van der Waals surface area contributed by atoms with Crippen LogP contribution in [-0.2, 0) is 0 Å². The largest absolute Gasteiger partial charge is 0.485 e. The maximum Gasteiger partial charge on any atom is 0.321 e. The maximum absolute atomic E-state index is 13.7. The van der Waals surface area contributed by atoms with E-state index in [0.29, 0.717) is 17.9 Å². The van der Waals surface area contributed by atoms with Crippen molar-refractivity contribution in [1.82, 2.24) is 14.8 Å². The molecule has 3 atom stereocenters. The molecule has 3 aromatic carbocycles. The molecule has 218 valence electrons. The summed E-state index contributed by atoms with van der Waals surface area (Å²) in [6, 6.07) is 20.9. The molecule has 0 saturated carbocycles. The Morgan fingerprint density at radius 1 is 1.10 bits per heavy atom. The van der Waals surface area contributed by atoms with Crippen LogP contribution in [0.1, 0.15) is 34.0 Å². The van der Waals surface area contributed by atoms with Crippen LogP contribution in [0.2, 0.25) is 0 Å². The number of fused-ring (bicyclic) bond motifs is 2. The molecule has 0 saturated heterocycles. The molecule has 1 aliphatic rings. The SMILES string of the molecule is C[C@H](CO)N1C[C@H](C)[C@@H](CN(C)C(=O)Nc2ccccc2)Oc2c(NC(=O)c3nc4ccccc4s3)cccc2C1=O. The van der Waals surface area contributed by atoms with Crippen LogP contribution >= 0.6 is 11.3 Å². The Morgan fingerprint density at radius 3 is 2.57 bits per heavy atom. The van der Waals surface area contributed by atoms with Crippen LogP contribution in [0.15, 0.2) is 72.8 Å². The lowest BCUT2D eigenvalue weighted by Gasteiger charge is -2.38. The molecule has 4 amide bonds. The molecule has 1 aliphatic heterocycles. The summed E-state index contributed by atoms with van der Waals surface area (Å²) in [4.78, 5) is 47.6. The number of thiazole rings is 1. The molecule has 0 spiro atoms. The number of ether oxygens (including phenoxy) is 1. The van der Waals surface area contributed by atoms with Crippen LogP contribution in [0.3, 0.4) is 0 Å². The predicted molar refractivity (Wildman–Crippen MR) is 163 cm³/mol. The molecule has 4 aromatic rings. The molecule has 11 heteroatoms. The van der Waals surface area contributed by atoms with E-state index < -0.39 is 18.1 Å². The molecular formula is C31H33N5O5S. The van der Waals surface area contributed by atoms with E-state index >= 15 is 0 Å². The minimum atomic E-state index is -0.544. The third-order valence-electron chi connectivity index (χ3n) is 7.25. The van der Waals surface area contributed by atoms with Crippen LogP contribution in [0.5, 0.6) is 5.75 Å². The molecule has 0 radical (unpaired) electrons. The molecule has 3 N–H and O–H groups in total. The number of rotatable bonds is 7. The summed E-state index contributed by atoms with van der Waals surface area (Å²) in [6.45, 7) is 4.01. The number of benzene rings is 3. The summed E-state index contributed by atoms with van der Waals surface area (Å²) < 4.78 is 7.40. The van der Waals surface area contributed by atoms with E-state index in [1.165, 1.54) is 16.2 Å². The fourth-order valence-corrected chi connectivity index (χ4v) is 5.66. The number of aliphatic hydroxyl groups is 1. The summed E-state index contributed by atoms with van der Waals surface area (Å²) >= 11 is 1.27. The smallest absolute Gasteiger partial charge is 0.321 e. The number of carbonyl (C=O) groups is 3. The third kappa shape index (κ3) is 6.22. The Hall–Kier alpha value is -4.48. The number of likely N-dealkylation sites (N-methyl/N-ethyl adjacent to an activating group) is 1. The van der Waals surface area contributed by atoms with Gasteiger partial charge in [0.15, 0.2) is 10.8 Å². The topological polar surface area (TPSA) is 124 Å².